The summed E-state index contributed by atoms with van der Waals surface area (Å²) >= 11 is 20.2. The number of nitrogens with zero attached hydrogens (tertiary/aromatic N) is 1. The molecule has 0 heterocycles. The van der Waals surface area contributed by atoms with E-state index in [1.807, 2.05) is 24.3 Å². The Morgan fingerprint density at radius 2 is 1.55 bits per heavy atom. The van der Waals surface area contributed by atoms with Gasteiger partial charge in [-0.05, 0) is 35.9 Å². The minimum atomic E-state index is -4.05. The molecular formula is C23H21Cl3N2O3S2. The van der Waals surface area contributed by atoms with Crippen LogP contribution in [0.15, 0.2) is 77.7 Å². The van der Waals surface area contributed by atoms with Crippen molar-refractivity contribution in [2.75, 3.05) is 23.1 Å². The Kier molecular flexibility index (Phi) is 9.35. The Morgan fingerprint density at radius 1 is 0.879 bits per heavy atom. The first-order chi connectivity index (χ1) is 15.8. The number of halogens is 3. The third-order valence-electron chi connectivity index (χ3n) is 4.60. The van der Waals surface area contributed by atoms with Gasteiger partial charge in [0.2, 0.25) is 5.91 Å². The van der Waals surface area contributed by atoms with Gasteiger partial charge in [0.15, 0.2) is 0 Å². The van der Waals surface area contributed by atoms with Gasteiger partial charge in [-0.15, -0.1) is 0 Å². The molecule has 0 saturated carbocycles. The molecule has 0 radical (unpaired) electrons. The fourth-order valence-electron chi connectivity index (χ4n) is 2.95. The summed E-state index contributed by atoms with van der Waals surface area (Å²) in [5.74, 6) is 0.895. The Bertz CT molecular complexity index is 1210. The SMILES string of the molecule is O=C(CN(c1cccc(Cl)c1Cl)S(=O)(=O)c1ccccc1)NCCSCc1ccccc1Cl. The van der Waals surface area contributed by atoms with Crippen LogP contribution in [0, 0.1) is 0 Å². The molecule has 0 atom stereocenters. The zero-order valence-corrected chi connectivity index (χ0v) is 21.3. The molecule has 174 valence electrons. The lowest BCUT2D eigenvalue weighted by Gasteiger charge is -2.25. The van der Waals surface area contributed by atoms with Crippen molar-refractivity contribution in [2.45, 2.75) is 10.6 Å². The molecule has 0 spiro atoms. The fraction of sp³-hybridized carbons (Fsp3) is 0.174. The maximum absolute atomic E-state index is 13.3. The van der Waals surface area contributed by atoms with Gasteiger partial charge in [0.1, 0.15) is 6.54 Å². The van der Waals surface area contributed by atoms with Crippen molar-refractivity contribution < 1.29 is 13.2 Å². The van der Waals surface area contributed by atoms with E-state index in [2.05, 4.69) is 5.32 Å². The highest BCUT2D eigenvalue weighted by Gasteiger charge is 2.29. The molecule has 0 aliphatic rings. The monoisotopic (exact) mass is 542 g/mol. The van der Waals surface area contributed by atoms with Crippen molar-refractivity contribution in [2.24, 2.45) is 0 Å². The van der Waals surface area contributed by atoms with E-state index in [0.717, 1.165) is 9.87 Å². The first-order valence-corrected chi connectivity index (χ1v) is 13.6. The molecule has 3 rings (SSSR count). The normalized spacial score (nSPS) is 11.2. The number of carbonyl (C=O) groups is 1. The Balaban J connectivity index is 1.68. The summed E-state index contributed by atoms with van der Waals surface area (Å²) in [6, 6.07) is 20.1. The predicted octanol–water partition coefficient (Wildman–Crippen LogP) is 5.89. The highest BCUT2D eigenvalue weighted by Crippen LogP contribution is 2.35. The predicted molar refractivity (Wildman–Crippen MR) is 138 cm³/mol. The van der Waals surface area contributed by atoms with Crippen LogP contribution >= 0.6 is 46.6 Å². The summed E-state index contributed by atoms with van der Waals surface area (Å²) in [6.45, 7) is -0.0665. The van der Waals surface area contributed by atoms with Crippen molar-refractivity contribution in [1.29, 1.82) is 0 Å². The van der Waals surface area contributed by atoms with Crippen LogP contribution in [0.5, 0.6) is 0 Å². The first kappa shape index (κ1) is 25.7. The largest absolute Gasteiger partial charge is 0.354 e. The summed E-state index contributed by atoms with van der Waals surface area (Å²) in [4.78, 5) is 12.7. The van der Waals surface area contributed by atoms with Gasteiger partial charge in [0.05, 0.1) is 20.6 Å². The van der Waals surface area contributed by atoms with E-state index < -0.39 is 22.5 Å². The number of hydrogen-bond acceptors (Lipinski definition) is 4. The van der Waals surface area contributed by atoms with E-state index in [0.29, 0.717) is 23.1 Å². The second-order valence-electron chi connectivity index (χ2n) is 6.89. The zero-order chi connectivity index (χ0) is 23.8. The Hall–Kier alpha value is -1.90. The standard InChI is InChI=1S/C23H21Cl3N2O3S2/c24-19-10-5-4-7-17(19)16-32-14-13-27-22(29)15-28(21-12-6-11-20(25)23(21)26)33(30,31)18-8-2-1-3-9-18/h1-12H,13-16H2,(H,27,29). The van der Waals surface area contributed by atoms with E-state index >= 15 is 0 Å². The summed E-state index contributed by atoms with van der Waals surface area (Å²) in [6.07, 6.45) is 0. The maximum Gasteiger partial charge on any atom is 0.264 e. The highest BCUT2D eigenvalue weighted by atomic mass is 35.5. The van der Waals surface area contributed by atoms with Crippen LogP contribution in [0.2, 0.25) is 15.1 Å². The highest BCUT2D eigenvalue weighted by molar-refractivity contribution is 7.98. The lowest BCUT2D eigenvalue weighted by Crippen LogP contribution is -2.41. The van der Waals surface area contributed by atoms with Gasteiger partial charge < -0.3 is 5.32 Å². The minimum Gasteiger partial charge on any atom is -0.354 e. The molecule has 0 aliphatic carbocycles. The van der Waals surface area contributed by atoms with Crippen molar-refractivity contribution in [3.63, 3.8) is 0 Å². The molecule has 33 heavy (non-hydrogen) atoms. The average Bonchev–Trinajstić information content (AvgIpc) is 2.81. The summed E-state index contributed by atoms with van der Waals surface area (Å²) < 4.78 is 27.6. The second kappa shape index (κ2) is 12.0. The second-order valence-corrected chi connectivity index (χ2v) is 11.1. The number of rotatable bonds is 10. The van der Waals surface area contributed by atoms with E-state index in [4.69, 9.17) is 34.8 Å². The molecule has 3 aromatic carbocycles. The van der Waals surface area contributed by atoms with Crippen LogP contribution in [0.3, 0.4) is 0 Å². The quantitative estimate of drug-likeness (QED) is 0.324. The molecule has 0 unspecified atom stereocenters. The smallest absolute Gasteiger partial charge is 0.264 e. The molecule has 0 aliphatic heterocycles. The maximum atomic E-state index is 13.3. The third kappa shape index (κ3) is 6.80. The Morgan fingerprint density at radius 3 is 2.27 bits per heavy atom. The van der Waals surface area contributed by atoms with E-state index in [-0.39, 0.29) is 20.6 Å². The van der Waals surface area contributed by atoms with Gasteiger partial charge in [-0.2, -0.15) is 11.8 Å². The summed E-state index contributed by atoms with van der Waals surface area (Å²) in [7, 11) is -4.05. The van der Waals surface area contributed by atoms with Gasteiger partial charge >= 0.3 is 0 Å². The molecule has 1 amide bonds. The van der Waals surface area contributed by atoms with Crippen molar-refractivity contribution in [3.05, 3.63) is 93.4 Å². The average molecular weight is 544 g/mol. The van der Waals surface area contributed by atoms with Crippen LogP contribution < -0.4 is 9.62 Å². The van der Waals surface area contributed by atoms with Crippen molar-refractivity contribution >= 4 is 68.2 Å². The van der Waals surface area contributed by atoms with Gasteiger partial charge in [-0.1, -0.05) is 77.3 Å². The summed E-state index contributed by atoms with van der Waals surface area (Å²) in [5.41, 5.74) is 1.16. The zero-order valence-electron chi connectivity index (χ0n) is 17.4. The number of amides is 1. The number of nitrogens with one attached hydrogen (secondary N) is 1. The van der Waals surface area contributed by atoms with Crippen LogP contribution in [-0.2, 0) is 20.6 Å². The van der Waals surface area contributed by atoms with Gasteiger partial charge in [0.25, 0.3) is 10.0 Å². The number of sulfonamides is 1. The topological polar surface area (TPSA) is 66.5 Å². The molecule has 10 heteroatoms. The van der Waals surface area contributed by atoms with E-state index in [9.17, 15) is 13.2 Å². The molecule has 5 nitrogen and oxygen atoms in total. The lowest BCUT2D eigenvalue weighted by atomic mass is 10.2. The van der Waals surface area contributed by atoms with Crippen molar-refractivity contribution in [1.82, 2.24) is 5.32 Å². The van der Waals surface area contributed by atoms with E-state index in [1.54, 1.807) is 42.1 Å². The molecule has 1 N–H and O–H groups in total. The fourth-order valence-corrected chi connectivity index (χ4v) is 6.00. The van der Waals surface area contributed by atoms with E-state index in [1.165, 1.54) is 18.2 Å². The lowest BCUT2D eigenvalue weighted by molar-refractivity contribution is -0.119. The molecule has 3 aromatic rings. The van der Waals surface area contributed by atoms with Gasteiger partial charge in [-0.25, -0.2) is 8.42 Å². The molecule has 0 aromatic heterocycles. The van der Waals surface area contributed by atoms with Gasteiger partial charge in [0, 0.05) is 23.1 Å². The molecular weight excluding hydrogens is 523 g/mol. The molecule has 0 saturated heterocycles. The molecule has 0 bridgehead atoms. The molecule has 0 fully saturated rings. The van der Waals surface area contributed by atoms with Crippen molar-refractivity contribution in [3.8, 4) is 0 Å². The minimum absolute atomic E-state index is 0.0455. The number of benzene rings is 3. The number of anilines is 1. The number of thioether (sulfide) groups is 1. The first-order valence-electron chi connectivity index (χ1n) is 9.90. The number of hydrogen-bond donors (Lipinski definition) is 1. The van der Waals surface area contributed by atoms with Crippen LogP contribution in [-0.4, -0.2) is 33.2 Å². The van der Waals surface area contributed by atoms with Gasteiger partial charge in [-0.3, -0.25) is 9.10 Å². The van der Waals surface area contributed by atoms with Crippen LogP contribution in [0.25, 0.3) is 0 Å². The third-order valence-corrected chi connectivity index (χ3v) is 8.56. The summed E-state index contributed by atoms with van der Waals surface area (Å²) in [5, 5.41) is 3.72. The number of carbonyl (C=O) groups excluding carboxylic acids is 1. The Labute approximate surface area is 213 Å². The van der Waals surface area contributed by atoms with Crippen LogP contribution in [0.1, 0.15) is 5.56 Å². The van der Waals surface area contributed by atoms with Crippen LogP contribution in [0.4, 0.5) is 5.69 Å².